The lowest BCUT2D eigenvalue weighted by Crippen LogP contribution is -2.29. The van der Waals surface area contributed by atoms with E-state index < -0.39 is 12.0 Å². The number of carbonyl (C=O) groups is 1. The van der Waals surface area contributed by atoms with Gasteiger partial charge in [-0.1, -0.05) is 24.6 Å². The van der Waals surface area contributed by atoms with Crippen molar-refractivity contribution in [3.63, 3.8) is 0 Å². The molecule has 1 aromatic carbocycles. The highest BCUT2D eigenvalue weighted by Crippen LogP contribution is 2.23. The predicted octanol–water partition coefficient (Wildman–Crippen LogP) is 2.35. The van der Waals surface area contributed by atoms with E-state index in [1.807, 2.05) is 39.8 Å². The molecule has 3 heteroatoms. The Morgan fingerprint density at radius 3 is 2.19 bits per heavy atom. The minimum absolute atomic E-state index is 0.606. The number of aryl methyl sites for hydroxylation is 3. The molecule has 0 radical (unpaired) electrons. The maximum absolute atomic E-state index is 11.2. The average molecular weight is 221 g/mol. The summed E-state index contributed by atoms with van der Waals surface area (Å²) >= 11 is 0. The Kier molecular flexibility index (Phi) is 4.07. The first-order chi connectivity index (χ1) is 7.47. The van der Waals surface area contributed by atoms with E-state index in [1.165, 1.54) is 5.56 Å². The van der Waals surface area contributed by atoms with Crippen molar-refractivity contribution in [2.75, 3.05) is 6.54 Å². The van der Waals surface area contributed by atoms with Crippen LogP contribution in [0, 0.1) is 20.8 Å². The van der Waals surface area contributed by atoms with Crippen LogP contribution in [0.3, 0.4) is 0 Å². The van der Waals surface area contributed by atoms with Gasteiger partial charge in [-0.25, -0.2) is 0 Å². The monoisotopic (exact) mass is 221 g/mol. The first kappa shape index (κ1) is 12.7. The van der Waals surface area contributed by atoms with Crippen LogP contribution in [-0.4, -0.2) is 17.6 Å². The topological polar surface area (TPSA) is 49.3 Å². The lowest BCUT2D eigenvalue weighted by atomic mass is 9.94. The van der Waals surface area contributed by atoms with E-state index in [9.17, 15) is 9.90 Å². The first-order valence-corrected chi connectivity index (χ1v) is 5.51. The lowest BCUT2D eigenvalue weighted by Gasteiger charge is -2.19. The molecule has 0 aliphatic rings. The molecule has 1 aromatic rings. The number of benzene rings is 1. The van der Waals surface area contributed by atoms with Gasteiger partial charge < -0.3 is 10.4 Å². The number of carboxylic acids is 1. The molecule has 16 heavy (non-hydrogen) atoms. The molecule has 0 saturated heterocycles. The molecule has 1 rings (SSSR count). The van der Waals surface area contributed by atoms with Gasteiger partial charge in [-0.05, 0) is 44.0 Å². The molecule has 0 aliphatic heterocycles. The van der Waals surface area contributed by atoms with Crippen molar-refractivity contribution >= 4 is 5.97 Å². The van der Waals surface area contributed by atoms with Gasteiger partial charge in [0.15, 0.2) is 0 Å². The molecule has 0 amide bonds. The fourth-order valence-corrected chi connectivity index (χ4v) is 2.16. The van der Waals surface area contributed by atoms with Crippen LogP contribution in [-0.2, 0) is 4.79 Å². The third kappa shape index (κ3) is 2.61. The maximum Gasteiger partial charge on any atom is 0.325 e. The van der Waals surface area contributed by atoms with Crippen molar-refractivity contribution < 1.29 is 9.90 Å². The second-order valence-electron chi connectivity index (χ2n) is 4.14. The number of nitrogens with one attached hydrogen (secondary N) is 1. The Bertz CT molecular complexity index is 376. The van der Waals surface area contributed by atoms with Crippen molar-refractivity contribution in [3.8, 4) is 0 Å². The molecule has 3 nitrogen and oxygen atoms in total. The van der Waals surface area contributed by atoms with Crippen LogP contribution in [0.5, 0.6) is 0 Å². The summed E-state index contributed by atoms with van der Waals surface area (Å²) in [6.07, 6.45) is 0. The fourth-order valence-electron chi connectivity index (χ4n) is 2.16. The molecule has 0 aliphatic carbocycles. The zero-order valence-corrected chi connectivity index (χ0v) is 10.3. The molecule has 1 atom stereocenters. The van der Waals surface area contributed by atoms with Gasteiger partial charge in [0, 0.05) is 0 Å². The van der Waals surface area contributed by atoms with Crippen molar-refractivity contribution in [3.05, 3.63) is 34.4 Å². The van der Waals surface area contributed by atoms with Crippen molar-refractivity contribution in [2.45, 2.75) is 33.7 Å². The smallest absolute Gasteiger partial charge is 0.325 e. The van der Waals surface area contributed by atoms with E-state index in [-0.39, 0.29) is 0 Å². The molecule has 88 valence electrons. The summed E-state index contributed by atoms with van der Waals surface area (Å²) in [5.74, 6) is -0.822. The van der Waals surface area contributed by atoms with Gasteiger partial charge >= 0.3 is 5.97 Å². The second-order valence-corrected chi connectivity index (χ2v) is 4.14. The van der Waals surface area contributed by atoms with E-state index in [4.69, 9.17) is 0 Å². The van der Waals surface area contributed by atoms with E-state index in [1.54, 1.807) is 0 Å². The molecule has 1 unspecified atom stereocenters. The molecule has 0 saturated carbocycles. The summed E-state index contributed by atoms with van der Waals surface area (Å²) in [6, 6.07) is 3.44. The van der Waals surface area contributed by atoms with Crippen LogP contribution in [0.25, 0.3) is 0 Å². The molecule has 0 aromatic heterocycles. The Hall–Kier alpha value is -1.35. The van der Waals surface area contributed by atoms with Gasteiger partial charge in [0.05, 0.1) is 0 Å². The summed E-state index contributed by atoms with van der Waals surface area (Å²) in [5, 5.41) is 12.2. The largest absolute Gasteiger partial charge is 0.480 e. The van der Waals surface area contributed by atoms with Crippen LogP contribution in [0.1, 0.15) is 35.2 Å². The third-order valence-electron chi connectivity index (χ3n) is 2.68. The Morgan fingerprint density at radius 1 is 1.31 bits per heavy atom. The number of carboxylic acid groups (broad SMARTS) is 1. The highest BCUT2D eigenvalue weighted by Gasteiger charge is 2.22. The quantitative estimate of drug-likeness (QED) is 0.820. The summed E-state index contributed by atoms with van der Waals surface area (Å²) in [6.45, 7) is 8.50. The molecular formula is C13H19NO2. The van der Waals surface area contributed by atoms with Crippen LogP contribution in [0.2, 0.25) is 0 Å². The summed E-state index contributed by atoms with van der Waals surface area (Å²) in [7, 11) is 0. The standard InChI is InChI=1S/C13H19NO2/c1-5-14-12(13(15)16)11-9(3)6-8(2)7-10(11)4/h6-7,12,14H,5H2,1-4H3,(H,15,16). The number of hydrogen-bond donors (Lipinski definition) is 2. The first-order valence-electron chi connectivity index (χ1n) is 5.51. The number of hydrogen-bond acceptors (Lipinski definition) is 2. The minimum Gasteiger partial charge on any atom is -0.480 e. The van der Waals surface area contributed by atoms with Crippen LogP contribution in [0.4, 0.5) is 0 Å². The van der Waals surface area contributed by atoms with E-state index in [2.05, 4.69) is 5.32 Å². The minimum atomic E-state index is -0.822. The van der Waals surface area contributed by atoms with Gasteiger partial charge in [-0.2, -0.15) is 0 Å². The average Bonchev–Trinajstić information content (AvgIpc) is 2.14. The highest BCUT2D eigenvalue weighted by molar-refractivity contribution is 5.76. The molecular weight excluding hydrogens is 202 g/mol. The Balaban J connectivity index is 3.23. The molecule has 0 bridgehead atoms. The van der Waals surface area contributed by atoms with E-state index in [0.717, 1.165) is 16.7 Å². The Labute approximate surface area is 96.5 Å². The molecule has 0 fully saturated rings. The maximum atomic E-state index is 11.2. The molecule has 0 heterocycles. The third-order valence-corrected chi connectivity index (χ3v) is 2.68. The van der Waals surface area contributed by atoms with Crippen molar-refractivity contribution in [2.24, 2.45) is 0 Å². The summed E-state index contributed by atoms with van der Waals surface area (Å²) in [5.41, 5.74) is 4.12. The van der Waals surface area contributed by atoms with Gasteiger partial charge in [0.2, 0.25) is 0 Å². The predicted molar refractivity (Wildman–Crippen MR) is 64.7 cm³/mol. The van der Waals surface area contributed by atoms with Crippen LogP contribution in [0.15, 0.2) is 12.1 Å². The zero-order valence-electron chi connectivity index (χ0n) is 10.3. The summed E-state index contributed by atoms with van der Waals surface area (Å²) < 4.78 is 0. The molecule has 0 spiro atoms. The van der Waals surface area contributed by atoms with Gasteiger partial charge in [-0.3, -0.25) is 4.79 Å². The number of likely N-dealkylation sites (N-methyl/N-ethyl adjacent to an activating group) is 1. The fraction of sp³-hybridized carbons (Fsp3) is 0.462. The van der Waals surface area contributed by atoms with E-state index in [0.29, 0.717) is 6.54 Å². The van der Waals surface area contributed by atoms with Gasteiger partial charge in [0.1, 0.15) is 6.04 Å². The number of rotatable bonds is 4. The normalized spacial score (nSPS) is 12.5. The number of aliphatic carboxylic acids is 1. The van der Waals surface area contributed by atoms with Crippen molar-refractivity contribution in [1.82, 2.24) is 5.32 Å². The summed E-state index contributed by atoms with van der Waals surface area (Å²) in [4.78, 5) is 11.2. The van der Waals surface area contributed by atoms with Gasteiger partial charge in [-0.15, -0.1) is 0 Å². The molecule has 2 N–H and O–H groups in total. The lowest BCUT2D eigenvalue weighted by molar-refractivity contribution is -0.139. The van der Waals surface area contributed by atoms with Crippen molar-refractivity contribution in [1.29, 1.82) is 0 Å². The van der Waals surface area contributed by atoms with Gasteiger partial charge in [0.25, 0.3) is 0 Å². The highest BCUT2D eigenvalue weighted by atomic mass is 16.4. The zero-order chi connectivity index (χ0) is 12.3. The van der Waals surface area contributed by atoms with E-state index >= 15 is 0 Å². The Morgan fingerprint density at radius 2 is 1.81 bits per heavy atom. The van der Waals surface area contributed by atoms with Crippen LogP contribution < -0.4 is 5.32 Å². The van der Waals surface area contributed by atoms with Crippen LogP contribution >= 0.6 is 0 Å². The SMILES string of the molecule is CCNC(C(=O)O)c1c(C)cc(C)cc1C. The second kappa shape index (κ2) is 5.12.